The first-order chi connectivity index (χ1) is 14.0. The molecule has 0 aromatic heterocycles. The standard InChI is InChI=1S/C23H28N2O4/c1-16(25-11-10-18-6-4-5-7-20(18)14-25)13-24-23(27)15-29-21-9-8-19(17(2)26)12-22(21)28-3/h4-9,12,16H,10-11,13-15H2,1-3H3,(H,24,27). The summed E-state index contributed by atoms with van der Waals surface area (Å²) in [5.74, 6) is 0.632. The maximum absolute atomic E-state index is 12.2. The highest BCUT2D eigenvalue weighted by molar-refractivity contribution is 5.94. The van der Waals surface area contributed by atoms with Crippen LogP contribution in [0.15, 0.2) is 42.5 Å². The van der Waals surface area contributed by atoms with Gasteiger partial charge in [0.2, 0.25) is 0 Å². The second kappa shape index (κ2) is 9.56. The predicted octanol–water partition coefficient (Wildman–Crippen LogP) is 2.84. The molecule has 1 aliphatic rings. The number of amides is 1. The van der Waals surface area contributed by atoms with Crippen molar-refractivity contribution in [3.05, 3.63) is 59.2 Å². The topological polar surface area (TPSA) is 67.9 Å². The number of benzene rings is 2. The smallest absolute Gasteiger partial charge is 0.257 e. The van der Waals surface area contributed by atoms with Crippen LogP contribution in [0.4, 0.5) is 0 Å². The molecule has 0 spiro atoms. The minimum absolute atomic E-state index is 0.0538. The summed E-state index contributed by atoms with van der Waals surface area (Å²) in [6, 6.07) is 13.7. The summed E-state index contributed by atoms with van der Waals surface area (Å²) in [7, 11) is 1.50. The van der Waals surface area contributed by atoms with Crippen LogP contribution in [0.5, 0.6) is 11.5 Å². The number of hydrogen-bond acceptors (Lipinski definition) is 5. The lowest BCUT2D eigenvalue weighted by Gasteiger charge is -2.33. The molecule has 6 nitrogen and oxygen atoms in total. The molecule has 3 rings (SSSR count). The Morgan fingerprint density at radius 1 is 1.14 bits per heavy atom. The Bertz CT molecular complexity index is 881. The fourth-order valence-electron chi connectivity index (χ4n) is 3.48. The van der Waals surface area contributed by atoms with Crippen LogP contribution in [0.2, 0.25) is 0 Å². The Kier molecular flexibility index (Phi) is 6.88. The van der Waals surface area contributed by atoms with Crippen LogP contribution in [-0.4, -0.2) is 49.4 Å². The minimum Gasteiger partial charge on any atom is -0.493 e. The Hall–Kier alpha value is -2.86. The Labute approximate surface area is 171 Å². The van der Waals surface area contributed by atoms with Gasteiger partial charge in [-0.3, -0.25) is 14.5 Å². The van der Waals surface area contributed by atoms with Crippen molar-refractivity contribution in [3.63, 3.8) is 0 Å². The quantitative estimate of drug-likeness (QED) is 0.695. The minimum atomic E-state index is -0.188. The van der Waals surface area contributed by atoms with E-state index in [1.165, 1.54) is 25.2 Å². The van der Waals surface area contributed by atoms with Gasteiger partial charge in [0.1, 0.15) is 0 Å². The molecule has 1 heterocycles. The van der Waals surface area contributed by atoms with Gasteiger partial charge in [-0.15, -0.1) is 0 Å². The summed E-state index contributed by atoms with van der Waals surface area (Å²) < 4.78 is 10.8. The van der Waals surface area contributed by atoms with E-state index in [0.29, 0.717) is 23.6 Å². The van der Waals surface area contributed by atoms with Crippen LogP contribution >= 0.6 is 0 Å². The first-order valence-electron chi connectivity index (χ1n) is 9.87. The number of nitrogens with one attached hydrogen (secondary N) is 1. The van der Waals surface area contributed by atoms with E-state index in [1.54, 1.807) is 18.2 Å². The molecule has 1 atom stereocenters. The predicted molar refractivity (Wildman–Crippen MR) is 112 cm³/mol. The van der Waals surface area contributed by atoms with Crippen LogP contribution in [0.25, 0.3) is 0 Å². The van der Waals surface area contributed by atoms with E-state index in [-0.39, 0.29) is 24.3 Å². The van der Waals surface area contributed by atoms with Crippen LogP contribution < -0.4 is 14.8 Å². The van der Waals surface area contributed by atoms with Crippen molar-refractivity contribution in [1.29, 1.82) is 0 Å². The van der Waals surface area contributed by atoms with E-state index in [4.69, 9.17) is 9.47 Å². The van der Waals surface area contributed by atoms with Crippen molar-refractivity contribution < 1.29 is 19.1 Å². The lowest BCUT2D eigenvalue weighted by molar-refractivity contribution is -0.123. The third kappa shape index (κ3) is 5.35. The summed E-state index contributed by atoms with van der Waals surface area (Å²) >= 11 is 0. The van der Waals surface area contributed by atoms with Gasteiger partial charge in [0.15, 0.2) is 23.9 Å². The number of hydrogen-bond donors (Lipinski definition) is 1. The highest BCUT2D eigenvalue weighted by atomic mass is 16.5. The van der Waals surface area contributed by atoms with E-state index in [0.717, 1.165) is 19.5 Å². The third-order valence-electron chi connectivity index (χ3n) is 5.31. The van der Waals surface area contributed by atoms with Gasteiger partial charge in [0.25, 0.3) is 5.91 Å². The average molecular weight is 396 g/mol. The number of fused-ring (bicyclic) bond motifs is 1. The SMILES string of the molecule is COc1cc(C(C)=O)ccc1OCC(=O)NCC(C)N1CCc2ccccc2C1. The Balaban J connectivity index is 1.47. The fourth-order valence-corrected chi connectivity index (χ4v) is 3.48. The molecule has 1 amide bonds. The first-order valence-corrected chi connectivity index (χ1v) is 9.87. The van der Waals surface area contributed by atoms with E-state index >= 15 is 0 Å². The van der Waals surface area contributed by atoms with Crippen LogP contribution in [-0.2, 0) is 17.8 Å². The zero-order chi connectivity index (χ0) is 20.8. The van der Waals surface area contributed by atoms with Gasteiger partial charge in [-0.2, -0.15) is 0 Å². The molecule has 0 aliphatic carbocycles. The van der Waals surface area contributed by atoms with E-state index in [9.17, 15) is 9.59 Å². The summed E-state index contributed by atoms with van der Waals surface area (Å²) in [5, 5.41) is 2.94. The van der Waals surface area contributed by atoms with E-state index in [1.807, 2.05) is 0 Å². The third-order valence-corrected chi connectivity index (χ3v) is 5.31. The molecular weight excluding hydrogens is 368 g/mol. The molecule has 0 bridgehead atoms. The van der Waals surface area contributed by atoms with Gasteiger partial charge in [-0.05, 0) is 49.6 Å². The lowest BCUT2D eigenvalue weighted by Crippen LogP contribution is -2.45. The van der Waals surface area contributed by atoms with E-state index < -0.39 is 0 Å². The molecule has 2 aromatic rings. The lowest BCUT2D eigenvalue weighted by atomic mass is 9.99. The van der Waals surface area contributed by atoms with Gasteiger partial charge in [-0.25, -0.2) is 0 Å². The molecule has 1 unspecified atom stereocenters. The molecule has 6 heteroatoms. The van der Waals surface area contributed by atoms with Crippen LogP contribution in [0, 0.1) is 0 Å². The molecule has 154 valence electrons. The molecule has 29 heavy (non-hydrogen) atoms. The van der Waals surface area contributed by atoms with Crippen LogP contribution in [0.3, 0.4) is 0 Å². The maximum Gasteiger partial charge on any atom is 0.257 e. The molecule has 0 fully saturated rings. The molecule has 0 radical (unpaired) electrons. The normalized spacial score (nSPS) is 14.6. The largest absolute Gasteiger partial charge is 0.493 e. The molecule has 1 N–H and O–H groups in total. The molecular formula is C23H28N2O4. The van der Waals surface area contributed by atoms with Crippen molar-refractivity contribution in [2.45, 2.75) is 32.9 Å². The van der Waals surface area contributed by atoms with Gasteiger partial charge < -0.3 is 14.8 Å². The Morgan fingerprint density at radius 2 is 1.90 bits per heavy atom. The van der Waals surface area contributed by atoms with Crippen molar-refractivity contribution in [1.82, 2.24) is 10.2 Å². The molecule has 0 saturated carbocycles. The highest BCUT2D eigenvalue weighted by Gasteiger charge is 2.20. The summed E-state index contributed by atoms with van der Waals surface area (Å²) in [6.07, 6.45) is 1.04. The second-order valence-electron chi connectivity index (χ2n) is 7.35. The zero-order valence-electron chi connectivity index (χ0n) is 17.2. The maximum atomic E-state index is 12.2. The number of Topliss-reactive ketones (excluding diaryl/α,β-unsaturated/α-hetero) is 1. The number of ether oxygens (including phenoxy) is 2. The number of carbonyl (C=O) groups excluding carboxylic acids is 2. The molecule has 2 aromatic carbocycles. The molecule has 1 aliphatic heterocycles. The van der Waals surface area contributed by atoms with Crippen molar-refractivity contribution in [2.24, 2.45) is 0 Å². The summed E-state index contributed by atoms with van der Waals surface area (Å²) in [4.78, 5) is 26.1. The van der Waals surface area contributed by atoms with Gasteiger partial charge in [0, 0.05) is 31.2 Å². The fraction of sp³-hybridized carbons (Fsp3) is 0.391. The first kappa shape index (κ1) is 20.9. The number of carbonyl (C=O) groups is 2. The monoisotopic (exact) mass is 396 g/mol. The second-order valence-corrected chi connectivity index (χ2v) is 7.35. The highest BCUT2D eigenvalue weighted by Crippen LogP contribution is 2.28. The number of ketones is 1. The van der Waals surface area contributed by atoms with Crippen molar-refractivity contribution in [2.75, 3.05) is 26.8 Å². The van der Waals surface area contributed by atoms with Crippen LogP contribution in [0.1, 0.15) is 35.3 Å². The van der Waals surface area contributed by atoms with E-state index in [2.05, 4.69) is 41.4 Å². The van der Waals surface area contributed by atoms with Gasteiger partial charge >= 0.3 is 0 Å². The number of rotatable bonds is 8. The molecule has 0 saturated heterocycles. The number of methoxy groups -OCH3 is 1. The zero-order valence-corrected chi connectivity index (χ0v) is 17.2. The summed E-state index contributed by atoms with van der Waals surface area (Å²) in [6.45, 7) is 5.97. The Morgan fingerprint density at radius 3 is 2.62 bits per heavy atom. The van der Waals surface area contributed by atoms with Gasteiger partial charge in [0.05, 0.1) is 7.11 Å². The summed E-state index contributed by atoms with van der Waals surface area (Å²) in [5.41, 5.74) is 3.31. The van der Waals surface area contributed by atoms with Crippen molar-refractivity contribution >= 4 is 11.7 Å². The average Bonchev–Trinajstić information content (AvgIpc) is 2.75. The van der Waals surface area contributed by atoms with Crippen molar-refractivity contribution in [3.8, 4) is 11.5 Å². The van der Waals surface area contributed by atoms with Gasteiger partial charge in [-0.1, -0.05) is 24.3 Å². The number of nitrogens with zero attached hydrogens (tertiary/aromatic N) is 1.